The number of aryl methyl sites for hydroxylation is 1. The van der Waals surface area contributed by atoms with Crippen LogP contribution in [0.4, 0.5) is 11.5 Å². The molecule has 0 aliphatic heterocycles. The average molecular weight is 218 g/mol. The first-order chi connectivity index (χ1) is 7.66. The first kappa shape index (κ1) is 10.2. The summed E-state index contributed by atoms with van der Waals surface area (Å²) in [5.74, 6) is 0.0603. The fourth-order valence-electron chi connectivity index (χ4n) is 1.14. The van der Waals surface area contributed by atoms with E-state index in [0.717, 1.165) is 5.56 Å². The van der Waals surface area contributed by atoms with Gasteiger partial charge in [-0.15, -0.1) is 0 Å². The van der Waals surface area contributed by atoms with Crippen molar-refractivity contribution < 1.29 is 9.32 Å². The molecule has 2 heterocycles. The number of nitrogen functional groups attached to an aromatic ring is 1. The van der Waals surface area contributed by atoms with Gasteiger partial charge in [-0.2, -0.15) is 0 Å². The van der Waals surface area contributed by atoms with Crippen molar-refractivity contribution in [3.05, 3.63) is 35.9 Å². The molecule has 2 aromatic heterocycles. The van der Waals surface area contributed by atoms with Crippen LogP contribution in [0.15, 0.2) is 29.1 Å². The monoisotopic (exact) mass is 218 g/mol. The van der Waals surface area contributed by atoms with Gasteiger partial charge in [-0.3, -0.25) is 4.79 Å². The Hall–Kier alpha value is -2.37. The molecule has 0 radical (unpaired) electrons. The van der Waals surface area contributed by atoms with Crippen molar-refractivity contribution in [3.8, 4) is 0 Å². The van der Waals surface area contributed by atoms with E-state index >= 15 is 0 Å². The van der Waals surface area contributed by atoms with Gasteiger partial charge in [-0.1, -0.05) is 5.16 Å². The first-order valence-corrected chi connectivity index (χ1v) is 4.60. The van der Waals surface area contributed by atoms with Gasteiger partial charge in [-0.25, -0.2) is 4.98 Å². The third-order valence-corrected chi connectivity index (χ3v) is 2.06. The van der Waals surface area contributed by atoms with E-state index in [-0.39, 0.29) is 11.6 Å². The summed E-state index contributed by atoms with van der Waals surface area (Å²) >= 11 is 0. The fourth-order valence-corrected chi connectivity index (χ4v) is 1.14. The summed E-state index contributed by atoms with van der Waals surface area (Å²) in [6.07, 6.45) is 2.82. The molecule has 2 aromatic rings. The Balaban J connectivity index is 2.15. The summed E-state index contributed by atoms with van der Waals surface area (Å²) < 4.78 is 4.56. The van der Waals surface area contributed by atoms with E-state index < -0.39 is 0 Å². The van der Waals surface area contributed by atoms with Crippen LogP contribution in [0.25, 0.3) is 0 Å². The predicted octanol–water partition coefficient (Wildman–Crippen LogP) is 1.21. The molecule has 1 amide bonds. The van der Waals surface area contributed by atoms with Crippen LogP contribution in [0.5, 0.6) is 0 Å². The number of nitrogens with zero attached hydrogens (tertiary/aromatic N) is 2. The summed E-state index contributed by atoms with van der Waals surface area (Å²) in [5, 5.41) is 6.10. The number of anilines is 2. The maximum Gasteiger partial charge on any atom is 0.278 e. The van der Waals surface area contributed by atoms with E-state index in [0.29, 0.717) is 11.5 Å². The standard InChI is InChI=1S/C10H10N4O2/c1-6-4-9(12-5-7(6)11)13-10(15)8-2-3-16-14-8/h2-5H,11H2,1H3,(H,12,13,15). The second-order valence-electron chi connectivity index (χ2n) is 3.26. The van der Waals surface area contributed by atoms with Crippen molar-refractivity contribution >= 4 is 17.4 Å². The summed E-state index contributed by atoms with van der Waals surface area (Å²) in [4.78, 5) is 15.5. The Morgan fingerprint density at radius 1 is 1.56 bits per heavy atom. The molecule has 6 heteroatoms. The van der Waals surface area contributed by atoms with Crippen LogP contribution >= 0.6 is 0 Å². The van der Waals surface area contributed by atoms with E-state index in [9.17, 15) is 4.79 Å². The number of amides is 1. The van der Waals surface area contributed by atoms with Crippen molar-refractivity contribution in [2.75, 3.05) is 11.1 Å². The number of aromatic nitrogens is 2. The third-order valence-electron chi connectivity index (χ3n) is 2.06. The number of carbonyl (C=O) groups excluding carboxylic acids is 1. The van der Waals surface area contributed by atoms with Gasteiger partial charge in [0, 0.05) is 6.07 Å². The molecule has 0 fully saturated rings. The summed E-state index contributed by atoms with van der Waals surface area (Å²) in [7, 11) is 0. The highest BCUT2D eigenvalue weighted by molar-refractivity contribution is 6.02. The molecule has 0 spiro atoms. The molecule has 82 valence electrons. The minimum atomic E-state index is -0.370. The quantitative estimate of drug-likeness (QED) is 0.790. The van der Waals surface area contributed by atoms with Gasteiger partial charge in [0.2, 0.25) is 0 Å². The van der Waals surface area contributed by atoms with Crippen molar-refractivity contribution in [3.63, 3.8) is 0 Å². The molecule has 6 nitrogen and oxygen atoms in total. The molecule has 0 atom stereocenters. The van der Waals surface area contributed by atoms with Crippen LogP contribution < -0.4 is 11.1 Å². The second-order valence-corrected chi connectivity index (χ2v) is 3.26. The molecule has 0 aromatic carbocycles. The number of nitrogens with one attached hydrogen (secondary N) is 1. The molecule has 0 aliphatic carbocycles. The largest absolute Gasteiger partial charge is 0.397 e. The number of pyridine rings is 1. The van der Waals surface area contributed by atoms with Gasteiger partial charge in [0.25, 0.3) is 5.91 Å². The van der Waals surface area contributed by atoms with Gasteiger partial charge in [0.1, 0.15) is 12.1 Å². The smallest absolute Gasteiger partial charge is 0.278 e. The minimum absolute atomic E-state index is 0.205. The van der Waals surface area contributed by atoms with Crippen LogP contribution in [0.3, 0.4) is 0 Å². The van der Waals surface area contributed by atoms with Crippen LogP contribution in [-0.2, 0) is 0 Å². The van der Waals surface area contributed by atoms with Crippen LogP contribution in [0.1, 0.15) is 16.1 Å². The van der Waals surface area contributed by atoms with Gasteiger partial charge in [-0.05, 0) is 18.6 Å². The number of hydrogen-bond donors (Lipinski definition) is 2. The zero-order valence-corrected chi connectivity index (χ0v) is 8.60. The topological polar surface area (TPSA) is 94.0 Å². The van der Waals surface area contributed by atoms with E-state index in [1.807, 2.05) is 6.92 Å². The summed E-state index contributed by atoms with van der Waals surface area (Å²) in [5.41, 5.74) is 7.25. The second kappa shape index (κ2) is 4.01. The Bertz CT molecular complexity index is 508. The molecule has 0 aliphatic rings. The minimum Gasteiger partial charge on any atom is -0.397 e. The lowest BCUT2D eigenvalue weighted by atomic mass is 10.2. The molecular weight excluding hydrogens is 208 g/mol. The van der Waals surface area contributed by atoms with E-state index in [4.69, 9.17) is 5.73 Å². The molecule has 0 unspecified atom stereocenters. The summed E-state index contributed by atoms with van der Waals surface area (Å²) in [6, 6.07) is 3.16. The van der Waals surface area contributed by atoms with Gasteiger partial charge in [0.15, 0.2) is 5.69 Å². The SMILES string of the molecule is Cc1cc(NC(=O)c2ccon2)ncc1N. The zero-order chi connectivity index (χ0) is 11.5. The number of carbonyl (C=O) groups is 1. The fraction of sp³-hybridized carbons (Fsp3) is 0.100. The zero-order valence-electron chi connectivity index (χ0n) is 8.60. The molecule has 2 rings (SSSR count). The normalized spacial score (nSPS) is 10.1. The maximum absolute atomic E-state index is 11.6. The van der Waals surface area contributed by atoms with Crippen LogP contribution in [0, 0.1) is 6.92 Å². The maximum atomic E-state index is 11.6. The molecule has 0 saturated heterocycles. The number of nitrogens with two attached hydrogens (primary N) is 1. The predicted molar refractivity (Wildman–Crippen MR) is 57.8 cm³/mol. The van der Waals surface area contributed by atoms with E-state index in [1.54, 1.807) is 6.07 Å². The number of rotatable bonds is 2. The number of hydrogen-bond acceptors (Lipinski definition) is 5. The Labute approximate surface area is 91.5 Å². The highest BCUT2D eigenvalue weighted by Crippen LogP contribution is 2.13. The molecular formula is C10H10N4O2. The third kappa shape index (κ3) is 2.00. The molecule has 0 bridgehead atoms. The van der Waals surface area contributed by atoms with Crippen LogP contribution in [-0.4, -0.2) is 16.0 Å². The lowest BCUT2D eigenvalue weighted by Gasteiger charge is -2.04. The van der Waals surface area contributed by atoms with E-state index in [1.165, 1.54) is 18.5 Å². The molecule has 16 heavy (non-hydrogen) atoms. The van der Waals surface area contributed by atoms with Crippen molar-refractivity contribution in [1.29, 1.82) is 0 Å². The Morgan fingerprint density at radius 2 is 2.38 bits per heavy atom. The summed E-state index contributed by atoms with van der Waals surface area (Å²) in [6.45, 7) is 1.84. The molecule has 0 saturated carbocycles. The average Bonchev–Trinajstić information content (AvgIpc) is 2.77. The highest BCUT2D eigenvalue weighted by atomic mass is 16.5. The van der Waals surface area contributed by atoms with Gasteiger partial charge < -0.3 is 15.6 Å². The van der Waals surface area contributed by atoms with E-state index in [2.05, 4.69) is 20.0 Å². The Morgan fingerprint density at radius 3 is 3.00 bits per heavy atom. The Kier molecular flexibility index (Phi) is 2.55. The molecule has 3 N–H and O–H groups in total. The van der Waals surface area contributed by atoms with Crippen molar-refractivity contribution in [2.45, 2.75) is 6.92 Å². The van der Waals surface area contributed by atoms with Crippen LogP contribution in [0.2, 0.25) is 0 Å². The lowest BCUT2D eigenvalue weighted by Crippen LogP contribution is -2.13. The lowest BCUT2D eigenvalue weighted by molar-refractivity contribution is 0.101. The first-order valence-electron chi connectivity index (χ1n) is 4.60. The van der Waals surface area contributed by atoms with Crippen molar-refractivity contribution in [1.82, 2.24) is 10.1 Å². The van der Waals surface area contributed by atoms with Gasteiger partial charge >= 0.3 is 0 Å². The van der Waals surface area contributed by atoms with Crippen molar-refractivity contribution in [2.24, 2.45) is 0 Å². The highest BCUT2D eigenvalue weighted by Gasteiger charge is 2.09. The van der Waals surface area contributed by atoms with Gasteiger partial charge in [0.05, 0.1) is 11.9 Å².